The predicted molar refractivity (Wildman–Crippen MR) is 119 cm³/mol. The summed E-state index contributed by atoms with van der Waals surface area (Å²) in [6.07, 6.45) is -1.44. The van der Waals surface area contributed by atoms with E-state index in [1.54, 1.807) is 30.3 Å². The van der Waals surface area contributed by atoms with Crippen molar-refractivity contribution in [3.8, 4) is 0 Å². The molecule has 1 rings (SSSR count). The molecule has 0 aliphatic rings. The minimum Gasteiger partial charge on any atom is -0.481 e. The Kier molecular flexibility index (Phi) is 11.8. The largest absolute Gasteiger partial charge is 0.481 e. The Morgan fingerprint density at radius 3 is 1.89 bits per heavy atom. The molecule has 0 aromatic heterocycles. The predicted octanol–water partition coefficient (Wildman–Crippen LogP) is -3.17. The first-order valence-electron chi connectivity index (χ1n) is 10.5. The molecule has 0 bridgehead atoms. The summed E-state index contributed by atoms with van der Waals surface area (Å²) in [6.45, 7) is -0.912. The number of carbonyl (C=O) groups excluding carboxylic acids is 4. The van der Waals surface area contributed by atoms with Gasteiger partial charge in [0.1, 0.15) is 18.1 Å². The summed E-state index contributed by atoms with van der Waals surface area (Å²) in [5, 5.41) is 34.4. The molecular weight excluding hydrogens is 466 g/mol. The van der Waals surface area contributed by atoms with Crippen LogP contribution in [0.1, 0.15) is 24.8 Å². The number of primary amides is 1. The standard InChI is InChI=1S/C21H29N5O9/c22-12(9-17(29)30)18(31)24-13(6-7-16(23)28)19(32)26-15(10-27)20(33)25-14(21(34)35)8-11-4-2-1-3-5-11/h1-5,12-15,27H,6-10,22H2,(H2,23,28)(H,24,31)(H,25,33)(H,26,32)(H,29,30)(H,34,35). The van der Waals surface area contributed by atoms with Crippen LogP contribution in [0.15, 0.2) is 30.3 Å². The van der Waals surface area contributed by atoms with E-state index in [1.807, 2.05) is 0 Å². The van der Waals surface area contributed by atoms with Crippen molar-refractivity contribution in [2.45, 2.75) is 49.9 Å². The molecule has 10 N–H and O–H groups in total. The number of carboxylic acids is 2. The topological polar surface area (TPSA) is 251 Å². The molecule has 1 aromatic carbocycles. The Labute approximate surface area is 200 Å². The van der Waals surface area contributed by atoms with Crippen LogP contribution < -0.4 is 27.4 Å². The first kappa shape index (κ1) is 29.0. The molecule has 4 amide bonds. The highest BCUT2D eigenvalue weighted by molar-refractivity contribution is 5.95. The summed E-state index contributed by atoms with van der Waals surface area (Å²) in [7, 11) is 0. The lowest BCUT2D eigenvalue weighted by Gasteiger charge is -2.24. The van der Waals surface area contributed by atoms with E-state index in [0.29, 0.717) is 5.56 Å². The Bertz CT molecular complexity index is 925. The number of carbonyl (C=O) groups is 6. The van der Waals surface area contributed by atoms with Gasteiger partial charge in [-0.25, -0.2) is 4.79 Å². The van der Waals surface area contributed by atoms with Crippen LogP contribution in [0.4, 0.5) is 0 Å². The first-order chi connectivity index (χ1) is 16.4. The molecule has 1 aromatic rings. The molecule has 35 heavy (non-hydrogen) atoms. The van der Waals surface area contributed by atoms with E-state index in [1.165, 1.54) is 0 Å². The Hall–Kier alpha value is -4.04. The van der Waals surface area contributed by atoms with Crippen molar-refractivity contribution in [2.24, 2.45) is 11.5 Å². The minimum atomic E-state index is -1.60. The monoisotopic (exact) mass is 495 g/mol. The lowest BCUT2D eigenvalue weighted by Crippen LogP contribution is -2.58. The van der Waals surface area contributed by atoms with Crippen LogP contribution in [0, 0.1) is 0 Å². The van der Waals surface area contributed by atoms with Gasteiger partial charge in [0.2, 0.25) is 23.6 Å². The van der Waals surface area contributed by atoms with E-state index < -0.39 is 72.8 Å². The van der Waals surface area contributed by atoms with Crippen LogP contribution in [0.2, 0.25) is 0 Å². The maximum atomic E-state index is 12.7. The minimum absolute atomic E-state index is 0.0627. The summed E-state index contributed by atoms with van der Waals surface area (Å²) in [6, 6.07) is 2.53. The van der Waals surface area contributed by atoms with E-state index in [0.717, 1.165) is 0 Å². The van der Waals surface area contributed by atoms with Gasteiger partial charge in [0, 0.05) is 12.8 Å². The van der Waals surface area contributed by atoms with Crippen LogP contribution in [-0.4, -0.2) is 81.7 Å². The highest BCUT2D eigenvalue weighted by atomic mass is 16.4. The van der Waals surface area contributed by atoms with Gasteiger partial charge in [-0.1, -0.05) is 30.3 Å². The maximum Gasteiger partial charge on any atom is 0.326 e. The van der Waals surface area contributed by atoms with Gasteiger partial charge in [0.25, 0.3) is 0 Å². The molecular formula is C21H29N5O9. The number of aliphatic hydroxyl groups is 1. The van der Waals surface area contributed by atoms with Crippen LogP contribution in [-0.2, 0) is 35.2 Å². The van der Waals surface area contributed by atoms with E-state index in [2.05, 4.69) is 16.0 Å². The van der Waals surface area contributed by atoms with Crippen LogP contribution in [0.5, 0.6) is 0 Å². The Morgan fingerprint density at radius 2 is 1.37 bits per heavy atom. The number of hydrogen-bond acceptors (Lipinski definition) is 8. The molecule has 0 aliphatic heterocycles. The van der Waals surface area contributed by atoms with Gasteiger partial charge >= 0.3 is 11.9 Å². The lowest BCUT2D eigenvalue weighted by atomic mass is 10.1. The second kappa shape index (κ2) is 14.3. The van der Waals surface area contributed by atoms with Crippen LogP contribution in [0.3, 0.4) is 0 Å². The van der Waals surface area contributed by atoms with Gasteiger partial charge < -0.3 is 42.7 Å². The molecule has 4 unspecified atom stereocenters. The molecule has 0 heterocycles. The smallest absolute Gasteiger partial charge is 0.326 e. The zero-order valence-electron chi connectivity index (χ0n) is 18.7. The Morgan fingerprint density at radius 1 is 0.829 bits per heavy atom. The van der Waals surface area contributed by atoms with Crippen molar-refractivity contribution in [3.63, 3.8) is 0 Å². The molecule has 0 fully saturated rings. The average Bonchev–Trinajstić information content (AvgIpc) is 2.79. The number of nitrogens with one attached hydrogen (secondary N) is 3. The SMILES string of the molecule is NC(=O)CCC(NC(=O)C(N)CC(=O)O)C(=O)NC(CO)C(=O)NC(Cc1ccccc1)C(=O)O. The number of carboxylic acid groups (broad SMARTS) is 2. The fourth-order valence-electron chi connectivity index (χ4n) is 2.90. The third-order valence-electron chi connectivity index (χ3n) is 4.76. The van der Waals surface area contributed by atoms with Crippen molar-refractivity contribution in [2.75, 3.05) is 6.61 Å². The van der Waals surface area contributed by atoms with E-state index >= 15 is 0 Å². The number of aliphatic hydroxyl groups excluding tert-OH is 1. The van der Waals surface area contributed by atoms with Gasteiger partial charge in [-0.05, 0) is 12.0 Å². The number of nitrogens with two attached hydrogens (primary N) is 2. The van der Waals surface area contributed by atoms with E-state index in [9.17, 15) is 39.0 Å². The normalized spacial score (nSPS) is 14.0. The summed E-state index contributed by atoms with van der Waals surface area (Å²) >= 11 is 0. The van der Waals surface area contributed by atoms with E-state index in [-0.39, 0.29) is 19.3 Å². The van der Waals surface area contributed by atoms with Crippen molar-refractivity contribution in [3.05, 3.63) is 35.9 Å². The molecule has 14 nitrogen and oxygen atoms in total. The number of benzene rings is 1. The van der Waals surface area contributed by atoms with Crippen LogP contribution >= 0.6 is 0 Å². The second-order valence-electron chi connectivity index (χ2n) is 7.60. The summed E-state index contributed by atoms with van der Waals surface area (Å²) < 4.78 is 0. The summed E-state index contributed by atoms with van der Waals surface area (Å²) in [4.78, 5) is 70.8. The molecule has 0 saturated heterocycles. The highest BCUT2D eigenvalue weighted by Gasteiger charge is 2.30. The number of rotatable bonds is 15. The fraction of sp³-hybridized carbons (Fsp3) is 0.429. The third-order valence-corrected chi connectivity index (χ3v) is 4.76. The zero-order chi connectivity index (χ0) is 26.5. The molecule has 0 spiro atoms. The molecule has 14 heteroatoms. The van der Waals surface area contributed by atoms with Gasteiger partial charge in [-0.2, -0.15) is 0 Å². The molecule has 0 radical (unpaired) electrons. The van der Waals surface area contributed by atoms with Crippen molar-refractivity contribution in [1.82, 2.24) is 16.0 Å². The van der Waals surface area contributed by atoms with Crippen molar-refractivity contribution >= 4 is 35.6 Å². The van der Waals surface area contributed by atoms with Gasteiger partial charge in [0.15, 0.2) is 0 Å². The summed E-state index contributed by atoms with van der Waals surface area (Å²) in [5.74, 6) is -6.52. The highest BCUT2D eigenvalue weighted by Crippen LogP contribution is 2.05. The zero-order valence-corrected chi connectivity index (χ0v) is 18.7. The van der Waals surface area contributed by atoms with E-state index in [4.69, 9.17) is 16.6 Å². The summed E-state index contributed by atoms with van der Waals surface area (Å²) in [5.41, 5.74) is 11.2. The average molecular weight is 495 g/mol. The van der Waals surface area contributed by atoms with Gasteiger partial charge in [0.05, 0.1) is 19.1 Å². The van der Waals surface area contributed by atoms with Gasteiger partial charge in [-0.3, -0.25) is 24.0 Å². The number of hydrogen-bond donors (Lipinski definition) is 8. The van der Waals surface area contributed by atoms with Crippen molar-refractivity contribution < 1.29 is 44.1 Å². The quantitative estimate of drug-likeness (QED) is 0.121. The van der Waals surface area contributed by atoms with Gasteiger partial charge in [-0.15, -0.1) is 0 Å². The fourth-order valence-corrected chi connectivity index (χ4v) is 2.90. The molecule has 4 atom stereocenters. The van der Waals surface area contributed by atoms with Crippen molar-refractivity contribution in [1.29, 1.82) is 0 Å². The number of aliphatic carboxylic acids is 2. The third kappa shape index (κ3) is 10.6. The number of amides is 4. The second-order valence-corrected chi connectivity index (χ2v) is 7.60. The molecule has 0 aliphatic carbocycles. The first-order valence-corrected chi connectivity index (χ1v) is 10.5. The molecule has 192 valence electrons. The Balaban J connectivity index is 2.89. The maximum absolute atomic E-state index is 12.7. The lowest BCUT2D eigenvalue weighted by molar-refractivity contribution is -0.142. The van der Waals surface area contributed by atoms with Crippen LogP contribution in [0.25, 0.3) is 0 Å². The molecule has 0 saturated carbocycles.